The van der Waals surface area contributed by atoms with Crippen LogP contribution in [0.2, 0.25) is 0 Å². The lowest BCUT2D eigenvalue weighted by Crippen LogP contribution is -2.19. The van der Waals surface area contributed by atoms with Gasteiger partial charge in [-0.25, -0.2) is 4.98 Å². The second-order valence-corrected chi connectivity index (χ2v) is 4.05. The molecule has 16 heavy (non-hydrogen) atoms. The van der Waals surface area contributed by atoms with Crippen LogP contribution in [0.15, 0.2) is 24.3 Å². The van der Waals surface area contributed by atoms with Crippen LogP contribution in [0.3, 0.4) is 0 Å². The maximum atomic E-state index is 6.12. The van der Waals surface area contributed by atoms with Crippen molar-refractivity contribution in [3.8, 4) is 0 Å². The molecular weight excluding hydrogens is 222 g/mol. The molecule has 1 aromatic carbocycles. The molecule has 1 heterocycles. The first kappa shape index (κ1) is 13.0. The van der Waals surface area contributed by atoms with Gasteiger partial charge in [0.2, 0.25) is 0 Å². The fraction of sp³-hybridized carbons (Fsp3) is 0.417. The Bertz CT molecular complexity index is 419. The van der Waals surface area contributed by atoms with E-state index >= 15 is 0 Å². The summed E-state index contributed by atoms with van der Waals surface area (Å²) in [5.74, 6) is 1.34. The number of aromatic nitrogens is 2. The van der Waals surface area contributed by atoms with E-state index in [1.54, 1.807) is 0 Å². The number of hydrogen-bond acceptors (Lipinski definition) is 2. The fourth-order valence-electron chi connectivity index (χ4n) is 1.65. The molecule has 0 amide bonds. The van der Waals surface area contributed by atoms with Gasteiger partial charge in [0.25, 0.3) is 0 Å². The molecule has 0 saturated carbocycles. The zero-order valence-corrected chi connectivity index (χ0v) is 10.4. The van der Waals surface area contributed by atoms with E-state index in [2.05, 4.69) is 23.8 Å². The summed E-state index contributed by atoms with van der Waals surface area (Å²) in [4.78, 5) is 7.78. The molecule has 2 rings (SSSR count). The molecule has 88 valence electrons. The van der Waals surface area contributed by atoms with Crippen molar-refractivity contribution in [3.05, 3.63) is 30.1 Å². The Hall–Kier alpha value is -1.06. The molecule has 0 aliphatic carbocycles. The van der Waals surface area contributed by atoms with Crippen molar-refractivity contribution in [2.45, 2.75) is 26.3 Å². The highest BCUT2D eigenvalue weighted by atomic mass is 35.5. The molecular formula is C12H18ClN3. The van der Waals surface area contributed by atoms with Crippen molar-refractivity contribution < 1.29 is 0 Å². The normalized spacial score (nSPS) is 14.4. The summed E-state index contributed by atoms with van der Waals surface area (Å²) in [5.41, 5.74) is 8.17. The Labute approximate surface area is 102 Å². The molecule has 3 N–H and O–H groups in total. The van der Waals surface area contributed by atoms with Gasteiger partial charge < -0.3 is 10.7 Å². The predicted octanol–water partition coefficient (Wildman–Crippen LogP) is 3.03. The number of aromatic amines is 1. The van der Waals surface area contributed by atoms with Crippen LogP contribution in [0.5, 0.6) is 0 Å². The number of nitrogens with two attached hydrogens (primary N) is 1. The maximum Gasteiger partial charge on any atom is 0.124 e. The van der Waals surface area contributed by atoms with Crippen molar-refractivity contribution >= 4 is 23.4 Å². The fourth-order valence-corrected chi connectivity index (χ4v) is 1.65. The number of fused-ring (bicyclic) bond motifs is 1. The van der Waals surface area contributed by atoms with Crippen molar-refractivity contribution in [2.24, 2.45) is 11.7 Å². The lowest BCUT2D eigenvalue weighted by atomic mass is 10.00. The minimum atomic E-state index is 0. The average molecular weight is 240 g/mol. The molecule has 1 aromatic heterocycles. The smallest absolute Gasteiger partial charge is 0.124 e. The Morgan fingerprint density at radius 1 is 1.38 bits per heavy atom. The average Bonchev–Trinajstić information content (AvgIpc) is 2.70. The van der Waals surface area contributed by atoms with E-state index in [1.807, 2.05) is 24.3 Å². The second kappa shape index (κ2) is 5.32. The minimum Gasteiger partial charge on any atom is -0.341 e. The summed E-state index contributed by atoms with van der Waals surface area (Å²) < 4.78 is 0. The van der Waals surface area contributed by atoms with Gasteiger partial charge in [-0.1, -0.05) is 32.4 Å². The SMILES string of the molecule is CCC(C)C(N)c1nc2ccccc2[nH]1.Cl. The largest absolute Gasteiger partial charge is 0.341 e. The Balaban J connectivity index is 0.00000128. The number of imidazole rings is 1. The van der Waals surface area contributed by atoms with Crippen molar-refractivity contribution in [3.63, 3.8) is 0 Å². The van der Waals surface area contributed by atoms with Crippen molar-refractivity contribution in [1.82, 2.24) is 9.97 Å². The molecule has 0 aliphatic heterocycles. The molecule has 0 spiro atoms. The molecule has 0 aliphatic rings. The van der Waals surface area contributed by atoms with Gasteiger partial charge in [-0.05, 0) is 18.1 Å². The van der Waals surface area contributed by atoms with Crippen LogP contribution in [0.25, 0.3) is 11.0 Å². The third kappa shape index (κ3) is 2.36. The molecule has 0 bridgehead atoms. The van der Waals surface area contributed by atoms with Gasteiger partial charge in [-0.3, -0.25) is 0 Å². The summed E-state index contributed by atoms with van der Waals surface area (Å²) in [6.07, 6.45) is 1.07. The lowest BCUT2D eigenvalue weighted by molar-refractivity contribution is 0.442. The first-order chi connectivity index (χ1) is 7.22. The predicted molar refractivity (Wildman–Crippen MR) is 69.7 cm³/mol. The summed E-state index contributed by atoms with van der Waals surface area (Å²) in [7, 11) is 0. The lowest BCUT2D eigenvalue weighted by Gasteiger charge is -2.15. The van der Waals surface area contributed by atoms with E-state index in [-0.39, 0.29) is 18.4 Å². The molecule has 3 nitrogen and oxygen atoms in total. The monoisotopic (exact) mass is 239 g/mol. The standard InChI is InChI=1S/C12H17N3.ClH/c1-3-8(2)11(13)12-14-9-6-4-5-7-10(9)15-12;/h4-8,11H,3,13H2,1-2H3,(H,14,15);1H. The van der Waals surface area contributed by atoms with Crippen LogP contribution in [-0.2, 0) is 0 Å². The maximum absolute atomic E-state index is 6.12. The highest BCUT2D eigenvalue weighted by molar-refractivity contribution is 5.85. The van der Waals surface area contributed by atoms with Gasteiger partial charge in [0.15, 0.2) is 0 Å². The quantitative estimate of drug-likeness (QED) is 0.865. The van der Waals surface area contributed by atoms with Gasteiger partial charge >= 0.3 is 0 Å². The molecule has 2 aromatic rings. The van der Waals surface area contributed by atoms with E-state index in [9.17, 15) is 0 Å². The Kier molecular flexibility index (Phi) is 4.33. The first-order valence-electron chi connectivity index (χ1n) is 5.42. The topological polar surface area (TPSA) is 54.7 Å². The molecule has 0 fully saturated rings. The Morgan fingerprint density at radius 2 is 2.06 bits per heavy atom. The van der Waals surface area contributed by atoms with Gasteiger partial charge in [0.1, 0.15) is 5.82 Å². The summed E-state index contributed by atoms with van der Waals surface area (Å²) >= 11 is 0. The third-order valence-electron chi connectivity index (χ3n) is 2.98. The molecule has 0 radical (unpaired) electrons. The van der Waals surface area contributed by atoms with Crippen molar-refractivity contribution in [1.29, 1.82) is 0 Å². The first-order valence-corrected chi connectivity index (χ1v) is 5.42. The number of halogens is 1. The molecule has 4 heteroatoms. The number of benzene rings is 1. The van der Waals surface area contributed by atoms with Crippen LogP contribution in [0.4, 0.5) is 0 Å². The molecule has 0 saturated heterocycles. The van der Waals surface area contributed by atoms with E-state index < -0.39 is 0 Å². The van der Waals surface area contributed by atoms with Crippen LogP contribution in [0.1, 0.15) is 32.1 Å². The van der Waals surface area contributed by atoms with E-state index in [1.165, 1.54) is 0 Å². The molecule has 2 atom stereocenters. The highest BCUT2D eigenvalue weighted by Crippen LogP contribution is 2.21. The van der Waals surface area contributed by atoms with Crippen LogP contribution in [-0.4, -0.2) is 9.97 Å². The number of hydrogen-bond donors (Lipinski definition) is 2. The number of nitrogens with one attached hydrogen (secondary N) is 1. The van der Waals surface area contributed by atoms with Crippen LogP contribution >= 0.6 is 12.4 Å². The Morgan fingerprint density at radius 3 is 2.69 bits per heavy atom. The number of rotatable bonds is 3. The molecule has 2 unspecified atom stereocenters. The summed E-state index contributed by atoms with van der Waals surface area (Å²) in [5, 5.41) is 0. The van der Waals surface area contributed by atoms with E-state index in [0.29, 0.717) is 5.92 Å². The number of para-hydroxylation sites is 2. The van der Waals surface area contributed by atoms with Gasteiger partial charge in [0, 0.05) is 0 Å². The zero-order valence-electron chi connectivity index (χ0n) is 9.60. The van der Waals surface area contributed by atoms with E-state index in [0.717, 1.165) is 23.3 Å². The number of nitrogens with zero attached hydrogens (tertiary/aromatic N) is 1. The van der Waals surface area contributed by atoms with Crippen LogP contribution in [0, 0.1) is 5.92 Å². The van der Waals surface area contributed by atoms with Crippen molar-refractivity contribution in [2.75, 3.05) is 0 Å². The summed E-state index contributed by atoms with van der Waals surface area (Å²) in [6.45, 7) is 4.30. The zero-order chi connectivity index (χ0) is 10.8. The van der Waals surface area contributed by atoms with Gasteiger partial charge in [0.05, 0.1) is 17.1 Å². The van der Waals surface area contributed by atoms with Crippen LogP contribution < -0.4 is 5.73 Å². The highest BCUT2D eigenvalue weighted by Gasteiger charge is 2.16. The third-order valence-corrected chi connectivity index (χ3v) is 2.98. The minimum absolute atomic E-state index is 0. The number of H-pyrrole nitrogens is 1. The second-order valence-electron chi connectivity index (χ2n) is 4.05. The van der Waals surface area contributed by atoms with Gasteiger partial charge in [-0.15, -0.1) is 12.4 Å². The summed E-state index contributed by atoms with van der Waals surface area (Å²) in [6, 6.07) is 8.01. The van der Waals surface area contributed by atoms with E-state index in [4.69, 9.17) is 5.73 Å². The van der Waals surface area contributed by atoms with Gasteiger partial charge in [-0.2, -0.15) is 0 Å².